The second-order valence-corrected chi connectivity index (χ2v) is 12.0. The van der Waals surface area contributed by atoms with Gasteiger partial charge in [0.1, 0.15) is 18.9 Å². The van der Waals surface area contributed by atoms with Gasteiger partial charge in [-0.05, 0) is 35.8 Å². The van der Waals surface area contributed by atoms with E-state index in [-0.39, 0.29) is 0 Å². The SMILES string of the molecule is CC(C)CCn1cc[n+](Cc2ccc(CC(C)C)cc2)c1.CS(=O)(=O)[N-]S(C)(=O)=O. The van der Waals surface area contributed by atoms with E-state index in [0.717, 1.165) is 24.9 Å². The van der Waals surface area contributed by atoms with Crippen molar-refractivity contribution in [2.24, 2.45) is 11.8 Å². The van der Waals surface area contributed by atoms with Crippen LogP contribution in [0.3, 0.4) is 0 Å². The van der Waals surface area contributed by atoms with Gasteiger partial charge in [0.2, 0.25) is 6.33 Å². The van der Waals surface area contributed by atoms with Crippen LogP contribution in [0.4, 0.5) is 0 Å². The van der Waals surface area contributed by atoms with E-state index in [1.54, 1.807) is 0 Å². The molecular formula is C21H35N3O4S2. The smallest absolute Gasteiger partial charge is 0.244 e. The fraction of sp³-hybridized carbons (Fsp3) is 0.571. The third kappa shape index (κ3) is 12.8. The molecule has 1 heterocycles. The van der Waals surface area contributed by atoms with Crippen molar-refractivity contribution in [3.05, 3.63) is 58.2 Å². The lowest BCUT2D eigenvalue weighted by molar-refractivity contribution is -0.687. The summed E-state index contributed by atoms with van der Waals surface area (Å²) in [7, 11) is -7.49. The summed E-state index contributed by atoms with van der Waals surface area (Å²) in [6, 6.07) is 9.06. The molecule has 7 nitrogen and oxygen atoms in total. The molecule has 9 heteroatoms. The van der Waals surface area contributed by atoms with Crippen LogP contribution in [-0.2, 0) is 39.6 Å². The Morgan fingerprint density at radius 1 is 0.900 bits per heavy atom. The summed E-state index contributed by atoms with van der Waals surface area (Å²) >= 11 is 0. The Bertz CT molecular complexity index is 948. The molecule has 0 aliphatic rings. The predicted molar refractivity (Wildman–Crippen MR) is 121 cm³/mol. The van der Waals surface area contributed by atoms with Gasteiger partial charge < -0.3 is 4.13 Å². The lowest BCUT2D eigenvalue weighted by Gasteiger charge is -2.11. The Morgan fingerprint density at radius 3 is 1.87 bits per heavy atom. The molecule has 0 bridgehead atoms. The highest BCUT2D eigenvalue weighted by Crippen LogP contribution is 2.10. The highest BCUT2D eigenvalue weighted by atomic mass is 32.3. The molecule has 0 atom stereocenters. The molecule has 0 fully saturated rings. The Kier molecular flexibility index (Phi) is 10.2. The maximum atomic E-state index is 10.1. The molecule has 0 aliphatic carbocycles. The molecule has 0 saturated heterocycles. The summed E-state index contributed by atoms with van der Waals surface area (Å²) < 4.78 is 47.4. The molecule has 0 N–H and O–H groups in total. The lowest BCUT2D eigenvalue weighted by Crippen LogP contribution is -2.31. The fourth-order valence-corrected chi connectivity index (χ4v) is 4.75. The molecule has 0 radical (unpaired) electrons. The van der Waals surface area contributed by atoms with Crippen LogP contribution in [0.25, 0.3) is 4.13 Å². The van der Waals surface area contributed by atoms with Crippen molar-refractivity contribution in [3.63, 3.8) is 0 Å². The number of sulfonamides is 2. The molecule has 0 saturated carbocycles. The highest BCUT2D eigenvalue weighted by molar-refractivity contribution is 8.11. The van der Waals surface area contributed by atoms with E-state index < -0.39 is 20.0 Å². The Labute approximate surface area is 182 Å². The summed E-state index contributed by atoms with van der Waals surface area (Å²) in [5.74, 6) is 1.48. The number of hydrogen-bond acceptors (Lipinski definition) is 4. The molecule has 0 unspecified atom stereocenters. The Morgan fingerprint density at radius 2 is 1.43 bits per heavy atom. The molecule has 2 rings (SSSR count). The first kappa shape index (κ1) is 26.3. The fourth-order valence-electron chi connectivity index (χ4n) is 2.78. The van der Waals surface area contributed by atoms with Crippen LogP contribution in [0.2, 0.25) is 0 Å². The Balaban J connectivity index is 0.000000424. The normalized spacial score (nSPS) is 12.1. The maximum Gasteiger partial charge on any atom is 0.244 e. The molecule has 0 amide bonds. The molecule has 170 valence electrons. The number of aromatic nitrogens is 2. The molecule has 30 heavy (non-hydrogen) atoms. The zero-order valence-corrected chi connectivity index (χ0v) is 20.4. The third-order valence-corrected chi connectivity index (χ3v) is 6.18. The van der Waals surface area contributed by atoms with Crippen LogP contribution in [0.15, 0.2) is 43.0 Å². The Hall–Kier alpha value is -1.71. The van der Waals surface area contributed by atoms with E-state index in [4.69, 9.17) is 0 Å². The molecule has 1 aromatic heterocycles. The standard InChI is InChI=1S/C19H29N2.C2H6NO4S2/c1-16(2)9-10-20-11-12-21(15-20)14-19-7-5-18(6-8-19)13-17(3)4;1-8(4,5)3-9(2,6)7/h5-8,11-12,15-17H,9-10,13-14H2,1-4H3;1-2H3/q+1;-1. The van der Waals surface area contributed by atoms with Crippen LogP contribution in [0.1, 0.15) is 45.2 Å². The number of nitrogens with zero attached hydrogens (tertiary/aromatic N) is 3. The molecule has 0 aliphatic heterocycles. The third-order valence-electron chi connectivity index (χ3n) is 4.01. The topological polar surface area (TPSA) is 91.2 Å². The maximum absolute atomic E-state index is 10.1. The first-order valence-electron chi connectivity index (χ1n) is 10.0. The van der Waals surface area contributed by atoms with Gasteiger partial charge in [-0.2, -0.15) is 0 Å². The van der Waals surface area contributed by atoms with Gasteiger partial charge in [-0.15, -0.1) is 0 Å². The summed E-state index contributed by atoms with van der Waals surface area (Å²) in [4.78, 5) is 0. The van der Waals surface area contributed by atoms with E-state index in [2.05, 4.69) is 83.9 Å². The molecule has 0 spiro atoms. The molecule has 1 aromatic carbocycles. The van der Waals surface area contributed by atoms with Crippen LogP contribution in [-0.4, -0.2) is 33.9 Å². The summed E-state index contributed by atoms with van der Waals surface area (Å²) in [5, 5.41) is 0. The summed E-state index contributed by atoms with van der Waals surface area (Å²) in [6.45, 7) is 11.1. The van der Waals surface area contributed by atoms with Gasteiger partial charge in [0.15, 0.2) is 0 Å². The number of hydrogen-bond donors (Lipinski definition) is 0. The first-order chi connectivity index (χ1) is 13.7. The predicted octanol–water partition coefficient (Wildman–Crippen LogP) is 3.35. The number of imidazole rings is 1. The zero-order chi connectivity index (χ0) is 22.9. The molecule has 2 aromatic rings. The van der Waals surface area contributed by atoms with Crippen molar-refractivity contribution in [3.8, 4) is 0 Å². The minimum atomic E-state index is -3.74. The highest BCUT2D eigenvalue weighted by Gasteiger charge is 2.06. The largest absolute Gasteiger partial charge is 0.437 e. The van der Waals surface area contributed by atoms with Crippen molar-refractivity contribution in [1.82, 2.24) is 4.57 Å². The van der Waals surface area contributed by atoms with Gasteiger partial charge in [0.25, 0.3) is 0 Å². The summed E-state index contributed by atoms with van der Waals surface area (Å²) in [6.07, 6.45) is 10.4. The minimum Gasteiger partial charge on any atom is -0.437 e. The van der Waals surface area contributed by atoms with Crippen molar-refractivity contribution < 1.29 is 21.4 Å². The molecular weight excluding hydrogens is 422 g/mol. The van der Waals surface area contributed by atoms with Crippen LogP contribution < -0.4 is 4.57 Å². The quantitative estimate of drug-likeness (QED) is 0.540. The van der Waals surface area contributed by atoms with E-state index in [0.29, 0.717) is 12.5 Å². The monoisotopic (exact) mass is 457 g/mol. The van der Waals surface area contributed by atoms with E-state index in [9.17, 15) is 16.8 Å². The van der Waals surface area contributed by atoms with Crippen LogP contribution in [0.5, 0.6) is 0 Å². The average molecular weight is 458 g/mol. The number of aryl methyl sites for hydroxylation is 1. The number of benzene rings is 1. The van der Waals surface area contributed by atoms with Crippen LogP contribution in [0, 0.1) is 11.8 Å². The van der Waals surface area contributed by atoms with Gasteiger partial charge in [-0.25, -0.2) is 26.0 Å². The second kappa shape index (κ2) is 11.6. The zero-order valence-electron chi connectivity index (χ0n) is 18.8. The van der Waals surface area contributed by atoms with E-state index >= 15 is 0 Å². The summed E-state index contributed by atoms with van der Waals surface area (Å²) in [5.41, 5.74) is 2.81. The lowest BCUT2D eigenvalue weighted by atomic mass is 10.0. The van der Waals surface area contributed by atoms with Crippen molar-refractivity contribution in [1.29, 1.82) is 0 Å². The van der Waals surface area contributed by atoms with Crippen molar-refractivity contribution in [2.45, 2.75) is 53.6 Å². The average Bonchev–Trinajstić information content (AvgIpc) is 2.99. The van der Waals surface area contributed by atoms with E-state index in [1.165, 1.54) is 24.0 Å². The van der Waals surface area contributed by atoms with Crippen molar-refractivity contribution in [2.75, 3.05) is 12.5 Å². The van der Waals surface area contributed by atoms with Gasteiger partial charge in [0, 0.05) is 12.5 Å². The van der Waals surface area contributed by atoms with Gasteiger partial charge in [-0.3, -0.25) is 0 Å². The van der Waals surface area contributed by atoms with Crippen molar-refractivity contribution >= 4 is 20.0 Å². The minimum absolute atomic E-state index is 0.716. The van der Waals surface area contributed by atoms with Gasteiger partial charge in [0.05, 0.1) is 26.6 Å². The second-order valence-electron chi connectivity index (χ2n) is 8.46. The van der Waals surface area contributed by atoms with E-state index in [1.807, 2.05) is 0 Å². The van der Waals surface area contributed by atoms with Gasteiger partial charge >= 0.3 is 0 Å². The van der Waals surface area contributed by atoms with Gasteiger partial charge in [-0.1, -0.05) is 52.0 Å². The van der Waals surface area contributed by atoms with Crippen LogP contribution >= 0.6 is 0 Å². The first-order valence-corrected chi connectivity index (χ1v) is 13.7. The number of rotatable bonds is 9.